The molecule has 2 aromatic rings. The Morgan fingerprint density at radius 1 is 1.24 bits per heavy atom. The number of para-hydroxylation sites is 1. The molecule has 1 aromatic carbocycles. The molecule has 1 aliphatic heterocycles. The zero-order valence-electron chi connectivity index (χ0n) is 17.4. The van der Waals surface area contributed by atoms with Gasteiger partial charge in [0.1, 0.15) is 6.54 Å². The number of carbonyl (C=O) groups excluding carboxylic acids is 2. The van der Waals surface area contributed by atoms with E-state index in [1.165, 1.54) is 0 Å². The lowest BCUT2D eigenvalue weighted by Gasteiger charge is -2.24. The number of aromatic nitrogens is 3. The first kappa shape index (κ1) is 21.0. The topological polar surface area (TPSA) is 92.2 Å². The van der Waals surface area contributed by atoms with Gasteiger partial charge in [-0.3, -0.25) is 9.59 Å². The van der Waals surface area contributed by atoms with Crippen molar-refractivity contribution in [2.75, 3.05) is 31.5 Å². The Kier molecular flexibility index (Phi) is 6.98. The number of amides is 2. The van der Waals surface area contributed by atoms with Crippen LogP contribution in [-0.2, 0) is 4.79 Å². The summed E-state index contributed by atoms with van der Waals surface area (Å²) in [5.74, 6) is -0.464. The van der Waals surface area contributed by atoms with Crippen molar-refractivity contribution in [1.29, 1.82) is 0 Å². The van der Waals surface area contributed by atoms with Gasteiger partial charge in [-0.25, -0.2) is 4.68 Å². The quantitative estimate of drug-likeness (QED) is 0.747. The Labute approximate surface area is 171 Å². The fourth-order valence-corrected chi connectivity index (χ4v) is 3.68. The van der Waals surface area contributed by atoms with Gasteiger partial charge in [-0.2, -0.15) is 0 Å². The summed E-state index contributed by atoms with van der Waals surface area (Å²) in [6.07, 6.45) is 2.69. The van der Waals surface area contributed by atoms with Crippen molar-refractivity contribution < 1.29 is 9.59 Å². The highest BCUT2D eigenvalue weighted by atomic mass is 16.2. The monoisotopic (exact) mass is 398 g/mol. The molecule has 1 fully saturated rings. The molecule has 156 valence electrons. The average molecular weight is 399 g/mol. The van der Waals surface area contributed by atoms with E-state index in [4.69, 9.17) is 0 Å². The zero-order valence-corrected chi connectivity index (χ0v) is 17.4. The van der Waals surface area contributed by atoms with Crippen LogP contribution in [-0.4, -0.2) is 57.9 Å². The summed E-state index contributed by atoms with van der Waals surface area (Å²) in [6, 6.07) is 7.85. The molecule has 8 nitrogen and oxygen atoms in total. The molecule has 29 heavy (non-hydrogen) atoms. The highest BCUT2D eigenvalue weighted by molar-refractivity contribution is 5.99. The van der Waals surface area contributed by atoms with E-state index in [-0.39, 0.29) is 24.4 Å². The molecular weight excluding hydrogens is 368 g/mol. The summed E-state index contributed by atoms with van der Waals surface area (Å²) in [5, 5.41) is 14.7. The summed E-state index contributed by atoms with van der Waals surface area (Å²) < 4.78 is 1.87. The third-order valence-corrected chi connectivity index (χ3v) is 5.32. The molecule has 0 radical (unpaired) electrons. The van der Waals surface area contributed by atoms with Crippen LogP contribution in [0.5, 0.6) is 0 Å². The Balaban J connectivity index is 1.71. The first-order valence-electron chi connectivity index (χ1n) is 10.3. The van der Waals surface area contributed by atoms with Crippen molar-refractivity contribution in [3.63, 3.8) is 0 Å². The molecule has 1 aromatic heterocycles. The van der Waals surface area contributed by atoms with Crippen LogP contribution in [0.1, 0.15) is 54.0 Å². The Morgan fingerprint density at radius 2 is 1.97 bits per heavy atom. The second-order valence-corrected chi connectivity index (χ2v) is 7.54. The molecule has 0 saturated carbocycles. The highest BCUT2D eigenvalue weighted by Gasteiger charge is 2.26. The molecule has 0 atom stereocenters. The van der Waals surface area contributed by atoms with Crippen LogP contribution in [0.3, 0.4) is 0 Å². The predicted octanol–water partition coefficient (Wildman–Crippen LogP) is 2.31. The van der Waals surface area contributed by atoms with E-state index in [1.807, 2.05) is 49.7 Å². The van der Waals surface area contributed by atoms with Crippen molar-refractivity contribution in [3.05, 3.63) is 41.2 Å². The predicted molar refractivity (Wildman–Crippen MR) is 112 cm³/mol. The van der Waals surface area contributed by atoms with E-state index in [0.29, 0.717) is 12.2 Å². The van der Waals surface area contributed by atoms with Gasteiger partial charge in [0.2, 0.25) is 5.91 Å². The molecule has 2 amide bonds. The Morgan fingerprint density at radius 3 is 2.66 bits per heavy atom. The molecule has 3 rings (SSSR count). The van der Waals surface area contributed by atoms with Crippen LogP contribution >= 0.6 is 0 Å². The molecule has 2 heterocycles. The number of hydrogen-bond acceptors (Lipinski definition) is 5. The van der Waals surface area contributed by atoms with Crippen LogP contribution in [0.25, 0.3) is 0 Å². The summed E-state index contributed by atoms with van der Waals surface area (Å²) in [4.78, 5) is 27.2. The largest absolute Gasteiger partial charge is 0.328 e. The number of anilines is 1. The van der Waals surface area contributed by atoms with Crippen LogP contribution in [0.15, 0.2) is 24.3 Å². The number of benzene rings is 1. The second-order valence-electron chi connectivity index (χ2n) is 7.54. The number of aryl methyl sites for hydroxylation is 1. The number of hydrogen-bond donors (Lipinski definition) is 2. The van der Waals surface area contributed by atoms with Gasteiger partial charge in [0.15, 0.2) is 5.69 Å². The van der Waals surface area contributed by atoms with Gasteiger partial charge in [-0.05, 0) is 57.8 Å². The van der Waals surface area contributed by atoms with Crippen molar-refractivity contribution in [2.24, 2.45) is 0 Å². The summed E-state index contributed by atoms with van der Waals surface area (Å²) in [7, 11) is 0. The van der Waals surface area contributed by atoms with Crippen molar-refractivity contribution in [3.8, 4) is 0 Å². The van der Waals surface area contributed by atoms with E-state index >= 15 is 0 Å². The number of carbonyl (C=O) groups is 2. The molecular formula is C21H30N6O2. The number of nitrogens with zero attached hydrogens (tertiary/aromatic N) is 4. The lowest BCUT2D eigenvalue weighted by atomic mass is 10.1. The minimum absolute atomic E-state index is 0.0132. The first-order valence-corrected chi connectivity index (χ1v) is 10.3. The molecule has 8 heteroatoms. The van der Waals surface area contributed by atoms with E-state index in [2.05, 4.69) is 20.9 Å². The smallest absolute Gasteiger partial charge is 0.276 e. The lowest BCUT2D eigenvalue weighted by Crippen LogP contribution is -2.39. The van der Waals surface area contributed by atoms with Crippen LogP contribution < -0.4 is 10.6 Å². The van der Waals surface area contributed by atoms with Gasteiger partial charge in [0, 0.05) is 12.2 Å². The number of nitrogens with one attached hydrogen (secondary N) is 2. The van der Waals surface area contributed by atoms with Crippen LogP contribution in [0, 0.1) is 13.8 Å². The third-order valence-electron chi connectivity index (χ3n) is 5.32. The summed E-state index contributed by atoms with van der Waals surface area (Å²) >= 11 is 0. The Bertz CT molecular complexity index is 857. The maximum atomic E-state index is 13.1. The number of rotatable bonds is 7. The molecule has 0 bridgehead atoms. The number of piperidine rings is 1. The highest BCUT2D eigenvalue weighted by Crippen LogP contribution is 2.21. The van der Waals surface area contributed by atoms with Crippen molar-refractivity contribution in [2.45, 2.75) is 46.1 Å². The normalized spacial score (nSPS) is 14.6. The van der Waals surface area contributed by atoms with E-state index < -0.39 is 0 Å². The van der Waals surface area contributed by atoms with Crippen LogP contribution in [0.2, 0.25) is 0 Å². The standard InChI is InChI=1S/C21H30N6O2/c1-4-13-26(14-19(28)23-18-8-6-5-7-15(18)2)21(29)20-16(3)27(25-24-20)17-9-11-22-12-10-17/h5-8,17,22H,4,9-14H2,1-3H3,(H,23,28). The second kappa shape index (κ2) is 9.65. The van der Waals surface area contributed by atoms with Gasteiger partial charge < -0.3 is 15.5 Å². The van der Waals surface area contributed by atoms with Gasteiger partial charge >= 0.3 is 0 Å². The molecule has 2 N–H and O–H groups in total. The van der Waals surface area contributed by atoms with Gasteiger partial charge in [-0.15, -0.1) is 5.10 Å². The lowest BCUT2D eigenvalue weighted by molar-refractivity contribution is -0.116. The van der Waals surface area contributed by atoms with E-state index in [0.717, 1.165) is 49.3 Å². The van der Waals surface area contributed by atoms with Gasteiger partial charge in [-0.1, -0.05) is 30.3 Å². The minimum Gasteiger partial charge on any atom is -0.328 e. The third kappa shape index (κ3) is 5.00. The van der Waals surface area contributed by atoms with E-state index in [9.17, 15) is 9.59 Å². The molecule has 0 spiro atoms. The summed E-state index contributed by atoms with van der Waals surface area (Å²) in [6.45, 7) is 8.15. The molecule has 1 aliphatic rings. The fourth-order valence-electron chi connectivity index (χ4n) is 3.68. The van der Waals surface area contributed by atoms with Gasteiger partial charge in [0.05, 0.1) is 11.7 Å². The van der Waals surface area contributed by atoms with Gasteiger partial charge in [0.25, 0.3) is 5.91 Å². The fraction of sp³-hybridized carbons (Fsp3) is 0.524. The zero-order chi connectivity index (χ0) is 20.8. The molecule has 1 saturated heterocycles. The SMILES string of the molecule is CCCN(CC(=O)Nc1ccccc1C)C(=O)c1nnn(C2CCNCC2)c1C. The maximum Gasteiger partial charge on any atom is 0.276 e. The minimum atomic E-state index is -0.246. The summed E-state index contributed by atoms with van der Waals surface area (Å²) in [5.41, 5.74) is 2.84. The van der Waals surface area contributed by atoms with E-state index in [1.54, 1.807) is 4.90 Å². The maximum absolute atomic E-state index is 13.1. The Hall–Kier alpha value is -2.74. The van der Waals surface area contributed by atoms with Crippen LogP contribution in [0.4, 0.5) is 5.69 Å². The van der Waals surface area contributed by atoms with Crippen molar-refractivity contribution >= 4 is 17.5 Å². The molecule has 0 aliphatic carbocycles. The van der Waals surface area contributed by atoms with Crippen molar-refractivity contribution in [1.82, 2.24) is 25.2 Å². The average Bonchev–Trinajstić information content (AvgIpc) is 3.11. The first-order chi connectivity index (χ1) is 14.0. The molecule has 0 unspecified atom stereocenters.